The van der Waals surface area contributed by atoms with Gasteiger partial charge in [0.2, 0.25) is 7.41 Å². The molecular formula is C23H27BN2. The number of hydrogen-bond donors (Lipinski definition) is 1. The lowest BCUT2D eigenvalue weighted by Gasteiger charge is -2.07. The molecule has 0 saturated heterocycles. The highest BCUT2D eigenvalue weighted by molar-refractivity contribution is 6.33. The second kappa shape index (κ2) is 8.44. The van der Waals surface area contributed by atoms with E-state index >= 15 is 0 Å². The van der Waals surface area contributed by atoms with E-state index in [4.69, 9.17) is 0 Å². The molecule has 2 aromatic rings. The molecule has 0 unspecified atom stereocenters. The van der Waals surface area contributed by atoms with Gasteiger partial charge < -0.3 is 9.46 Å². The lowest BCUT2D eigenvalue weighted by atomic mass is 9.96. The number of aromatic nitrogens is 2. The highest BCUT2D eigenvalue weighted by atomic mass is 14.9. The molecule has 0 radical (unpaired) electrons. The predicted octanol–water partition coefficient (Wildman–Crippen LogP) is 4.46. The maximum atomic E-state index is 4.09. The summed E-state index contributed by atoms with van der Waals surface area (Å²) in [4.78, 5) is 3.47. The molecule has 0 aliphatic carbocycles. The van der Waals surface area contributed by atoms with Gasteiger partial charge in [-0.05, 0) is 32.1 Å². The monoisotopic (exact) mass is 342 g/mol. The fourth-order valence-corrected chi connectivity index (χ4v) is 3.53. The van der Waals surface area contributed by atoms with Crippen molar-refractivity contribution < 1.29 is 0 Å². The van der Waals surface area contributed by atoms with E-state index in [1.165, 1.54) is 0 Å². The summed E-state index contributed by atoms with van der Waals surface area (Å²) >= 11 is 0. The van der Waals surface area contributed by atoms with Crippen LogP contribution in [0.1, 0.15) is 36.5 Å². The van der Waals surface area contributed by atoms with Crippen molar-refractivity contribution in [3.8, 4) is 11.1 Å². The molecule has 0 aliphatic heterocycles. The molecule has 0 bridgehead atoms. The maximum Gasteiger partial charge on any atom is 0.239 e. The highest BCUT2D eigenvalue weighted by Gasteiger charge is 2.22. The molecule has 26 heavy (non-hydrogen) atoms. The van der Waals surface area contributed by atoms with Crippen molar-refractivity contribution in [2.24, 2.45) is 0 Å². The molecule has 1 N–H and O–H groups in total. The van der Waals surface area contributed by atoms with Gasteiger partial charge in [-0.15, -0.1) is 0 Å². The van der Waals surface area contributed by atoms with Crippen LogP contribution in [0.3, 0.4) is 0 Å². The molecule has 0 amide bonds. The van der Waals surface area contributed by atoms with Crippen LogP contribution in [-0.4, -0.2) is 16.9 Å². The van der Waals surface area contributed by atoms with Crippen LogP contribution in [0.4, 0.5) is 0 Å². The molecular weight excluding hydrogens is 315 g/mol. The van der Waals surface area contributed by atoms with Crippen LogP contribution in [0.25, 0.3) is 47.6 Å². The van der Waals surface area contributed by atoms with Crippen molar-refractivity contribution in [2.45, 2.75) is 20.7 Å². The molecule has 0 aromatic carbocycles. The SMILES string of the molecule is C=C/C=c1/c(-c2c(C=C)c(/C=C\C)n(BC)c2C=C)c(C=C)[nH]/c1=C/C. The number of H-pyrrole nitrogens is 1. The highest BCUT2D eigenvalue weighted by Crippen LogP contribution is 2.35. The Morgan fingerprint density at radius 3 is 2.15 bits per heavy atom. The first kappa shape index (κ1) is 19.4. The van der Waals surface area contributed by atoms with Crippen molar-refractivity contribution in [3.63, 3.8) is 0 Å². The number of hydrogen-bond acceptors (Lipinski definition) is 0. The Morgan fingerprint density at radius 1 is 0.962 bits per heavy atom. The van der Waals surface area contributed by atoms with Gasteiger partial charge in [0.15, 0.2) is 0 Å². The van der Waals surface area contributed by atoms with Crippen molar-refractivity contribution in [1.29, 1.82) is 0 Å². The minimum atomic E-state index is 0.850. The zero-order chi connectivity index (χ0) is 19.3. The molecule has 2 nitrogen and oxygen atoms in total. The zero-order valence-corrected chi connectivity index (χ0v) is 16.1. The second-order valence-corrected chi connectivity index (χ2v) is 5.85. The molecule has 132 valence electrons. The van der Waals surface area contributed by atoms with E-state index in [0.29, 0.717) is 0 Å². The van der Waals surface area contributed by atoms with Gasteiger partial charge in [-0.25, -0.2) is 0 Å². The smallest absolute Gasteiger partial charge is 0.239 e. The first-order chi connectivity index (χ1) is 12.6. The standard InChI is InChI=1S/C23H27BN2/c1-8-14-17-18(11-4)25-19(12-5)22(17)23-16(10-3)21(15-9-2)26(24-7)20(23)13-6/h8-15,24-25H,1,3,5-6H2,2,4,7H3/b15-9-,17-14+,18-11+. The summed E-state index contributed by atoms with van der Waals surface area (Å²) in [6, 6.07) is 0. The van der Waals surface area contributed by atoms with Gasteiger partial charge in [-0.1, -0.05) is 63.5 Å². The number of allylic oxidation sites excluding steroid dienone is 2. The molecule has 0 aliphatic rings. The third kappa shape index (κ3) is 3.01. The topological polar surface area (TPSA) is 20.7 Å². The van der Waals surface area contributed by atoms with Gasteiger partial charge >= 0.3 is 0 Å². The van der Waals surface area contributed by atoms with E-state index in [-0.39, 0.29) is 0 Å². The zero-order valence-electron chi connectivity index (χ0n) is 16.1. The van der Waals surface area contributed by atoms with E-state index in [0.717, 1.165) is 51.8 Å². The molecule has 2 heterocycles. The van der Waals surface area contributed by atoms with Gasteiger partial charge in [-0.2, -0.15) is 0 Å². The second-order valence-electron chi connectivity index (χ2n) is 5.85. The Kier molecular flexibility index (Phi) is 6.29. The third-order valence-corrected chi connectivity index (χ3v) is 4.55. The molecule has 2 aromatic heterocycles. The van der Waals surface area contributed by atoms with Crippen LogP contribution < -0.4 is 10.6 Å². The molecule has 0 spiro atoms. The summed E-state index contributed by atoms with van der Waals surface area (Å²) in [6.45, 7) is 22.3. The third-order valence-electron chi connectivity index (χ3n) is 4.55. The van der Waals surface area contributed by atoms with Crippen LogP contribution in [0.2, 0.25) is 6.82 Å². The molecule has 2 rings (SSSR count). The van der Waals surface area contributed by atoms with Crippen molar-refractivity contribution >= 4 is 43.9 Å². The summed E-state index contributed by atoms with van der Waals surface area (Å²) in [6.07, 6.45) is 15.8. The van der Waals surface area contributed by atoms with Gasteiger partial charge in [0.1, 0.15) is 0 Å². The summed E-state index contributed by atoms with van der Waals surface area (Å²) in [5.74, 6) is 0. The number of nitrogens with one attached hydrogen (secondary N) is 1. The maximum absolute atomic E-state index is 4.09. The Hall–Kier alpha value is -2.94. The minimum Gasteiger partial charge on any atom is -0.389 e. The van der Waals surface area contributed by atoms with E-state index < -0.39 is 0 Å². The largest absolute Gasteiger partial charge is 0.389 e. The van der Waals surface area contributed by atoms with Gasteiger partial charge in [0.25, 0.3) is 0 Å². The number of aromatic amines is 1. The van der Waals surface area contributed by atoms with E-state index in [9.17, 15) is 0 Å². The first-order valence-electron chi connectivity index (χ1n) is 8.91. The minimum absolute atomic E-state index is 0.850. The fraction of sp³-hybridized carbons (Fsp3) is 0.130. The van der Waals surface area contributed by atoms with E-state index in [1.54, 1.807) is 0 Å². The molecule has 3 heteroatoms. The number of nitrogens with zero attached hydrogens (tertiary/aromatic N) is 1. The first-order valence-corrected chi connectivity index (χ1v) is 8.91. The molecule has 0 saturated carbocycles. The van der Waals surface area contributed by atoms with Gasteiger partial charge in [0.05, 0.1) is 0 Å². The average molecular weight is 342 g/mol. The van der Waals surface area contributed by atoms with Crippen LogP contribution in [0, 0.1) is 0 Å². The van der Waals surface area contributed by atoms with E-state index in [1.807, 2.05) is 44.2 Å². The Balaban J connectivity index is 3.17. The van der Waals surface area contributed by atoms with Crippen LogP contribution >= 0.6 is 0 Å². The van der Waals surface area contributed by atoms with E-state index in [2.05, 4.69) is 60.8 Å². The van der Waals surface area contributed by atoms with Crippen LogP contribution in [-0.2, 0) is 0 Å². The Labute approximate surface area is 157 Å². The molecule has 0 atom stereocenters. The normalized spacial score (nSPS) is 12.6. The summed E-state index contributed by atoms with van der Waals surface area (Å²) in [5, 5.41) is 2.15. The number of rotatable bonds is 7. The predicted molar refractivity (Wildman–Crippen MR) is 122 cm³/mol. The van der Waals surface area contributed by atoms with Crippen LogP contribution in [0.5, 0.6) is 0 Å². The van der Waals surface area contributed by atoms with Gasteiger partial charge in [0, 0.05) is 44.3 Å². The summed E-state index contributed by atoms with van der Waals surface area (Å²) in [5.41, 5.74) is 6.53. The Bertz CT molecular complexity index is 1010. The fourth-order valence-electron chi connectivity index (χ4n) is 3.53. The Morgan fingerprint density at radius 2 is 1.69 bits per heavy atom. The van der Waals surface area contributed by atoms with Gasteiger partial charge in [-0.3, -0.25) is 0 Å². The van der Waals surface area contributed by atoms with Crippen molar-refractivity contribution in [3.05, 3.63) is 71.7 Å². The lowest BCUT2D eigenvalue weighted by Crippen LogP contribution is -2.23. The lowest BCUT2D eigenvalue weighted by molar-refractivity contribution is 1.18. The quantitative estimate of drug-likeness (QED) is 0.717. The summed E-state index contributed by atoms with van der Waals surface area (Å²) < 4.78 is 2.27. The van der Waals surface area contributed by atoms with Crippen LogP contribution in [0.15, 0.2) is 38.5 Å². The van der Waals surface area contributed by atoms with Crippen molar-refractivity contribution in [2.75, 3.05) is 0 Å². The molecule has 0 fully saturated rings. The van der Waals surface area contributed by atoms with Crippen molar-refractivity contribution in [1.82, 2.24) is 9.46 Å². The average Bonchev–Trinajstić information content (AvgIpc) is 3.15. The summed E-state index contributed by atoms with van der Waals surface area (Å²) in [7, 11) is 0.850.